The fourth-order valence-electron chi connectivity index (χ4n) is 3.00. The zero-order valence-electron chi connectivity index (χ0n) is 12.6. The van der Waals surface area contributed by atoms with Crippen LogP contribution in [0.4, 0.5) is 5.69 Å². The number of benzene rings is 1. The monoisotopic (exact) mass is 286 g/mol. The minimum atomic E-state index is 0.457. The molecule has 3 rings (SSSR count). The molecule has 2 atom stereocenters. The summed E-state index contributed by atoms with van der Waals surface area (Å²) in [6.07, 6.45) is 5.37. The molecule has 0 bridgehead atoms. The van der Waals surface area contributed by atoms with E-state index in [1.54, 1.807) is 11.0 Å². The van der Waals surface area contributed by atoms with Crippen LogP contribution in [0.2, 0.25) is 0 Å². The lowest BCUT2D eigenvalue weighted by atomic mass is 10.1. The summed E-state index contributed by atoms with van der Waals surface area (Å²) in [5.41, 5.74) is 3.31. The number of nitrogens with zero attached hydrogens (tertiary/aromatic N) is 4. The normalized spacial score (nSPS) is 19.6. The summed E-state index contributed by atoms with van der Waals surface area (Å²) >= 11 is 0. The first kappa shape index (κ1) is 14.0. The van der Waals surface area contributed by atoms with Crippen molar-refractivity contribution in [2.45, 2.75) is 45.2 Å². The molecule has 0 radical (unpaired) electrons. The molecule has 2 unspecified atom stereocenters. The predicted octanol–water partition coefficient (Wildman–Crippen LogP) is 1.91. The molecule has 2 N–H and O–H groups in total. The third-order valence-electron chi connectivity index (χ3n) is 4.01. The predicted molar refractivity (Wildman–Crippen MR) is 82.6 cm³/mol. The molecule has 2 heterocycles. The molecule has 1 fully saturated rings. The maximum absolute atomic E-state index is 3.93. The number of anilines is 1. The van der Waals surface area contributed by atoms with E-state index in [0.717, 1.165) is 29.9 Å². The molecule has 6 heteroatoms. The van der Waals surface area contributed by atoms with Gasteiger partial charge in [0.25, 0.3) is 0 Å². The van der Waals surface area contributed by atoms with Crippen LogP contribution in [-0.4, -0.2) is 38.8 Å². The fraction of sp³-hybridized carbons (Fsp3) is 0.533. The van der Waals surface area contributed by atoms with Crippen LogP contribution < -0.4 is 10.6 Å². The van der Waals surface area contributed by atoms with E-state index in [0.29, 0.717) is 12.1 Å². The summed E-state index contributed by atoms with van der Waals surface area (Å²) in [5, 5.41) is 18.4. The Hall–Kier alpha value is -1.95. The first-order valence-corrected chi connectivity index (χ1v) is 7.56. The van der Waals surface area contributed by atoms with Gasteiger partial charge in [0, 0.05) is 17.8 Å². The van der Waals surface area contributed by atoms with Gasteiger partial charge in [-0.1, -0.05) is 0 Å². The van der Waals surface area contributed by atoms with Gasteiger partial charge in [-0.3, -0.25) is 0 Å². The van der Waals surface area contributed by atoms with Crippen LogP contribution in [-0.2, 0) is 0 Å². The maximum Gasteiger partial charge on any atom is 0.143 e. The van der Waals surface area contributed by atoms with Gasteiger partial charge >= 0.3 is 0 Å². The highest BCUT2D eigenvalue weighted by Gasteiger charge is 2.17. The third kappa shape index (κ3) is 3.39. The van der Waals surface area contributed by atoms with Crippen LogP contribution in [0.25, 0.3) is 5.69 Å². The van der Waals surface area contributed by atoms with Crippen LogP contribution in [0.1, 0.15) is 31.7 Å². The topological polar surface area (TPSA) is 67.7 Å². The van der Waals surface area contributed by atoms with Crippen molar-refractivity contribution in [3.63, 3.8) is 0 Å². The Labute approximate surface area is 124 Å². The quantitative estimate of drug-likeness (QED) is 0.879. The lowest BCUT2D eigenvalue weighted by Gasteiger charge is -2.20. The van der Waals surface area contributed by atoms with Crippen molar-refractivity contribution in [1.29, 1.82) is 0 Å². The molecule has 0 aliphatic carbocycles. The van der Waals surface area contributed by atoms with E-state index in [-0.39, 0.29) is 0 Å². The summed E-state index contributed by atoms with van der Waals surface area (Å²) in [4.78, 5) is 0. The highest BCUT2D eigenvalue weighted by molar-refractivity contribution is 5.53. The zero-order chi connectivity index (χ0) is 14.7. The molecular weight excluding hydrogens is 264 g/mol. The molecule has 0 saturated carbocycles. The second kappa shape index (κ2) is 6.22. The lowest BCUT2D eigenvalue weighted by molar-refractivity contribution is 0.523. The van der Waals surface area contributed by atoms with Crippen LogP contribution in [0.5, 0.6) is 0 Å². The van der Waals surface area contributed by atoms with Crippen LogP contribution in [0.3, 0.4) is 0 Å². The van der Waals surface area contributed by atoms with Gasteiger partial charge in [0.05, 0.1) is 5.69 Å². The molecular formula is C15H22N6. The first-order valence-electron chi connectivity index (χ1n) is 7.56. The minimum absolute atomic E-state index is 0.457. The molecule has 1 aliphatic rings. The average Bonchev–Trinajstić information content (AvgIpc) is 3.11. The number of aromatic nitrogens is 4. The summed E-state index contributed by atoms with van der Waals surface area (Å²) < 4.78 is 1.69. The summed E-state index contributed by atoms with van der Waals surface area (Å²) in [6.45, 7) is 5.48. The molecule has 2 aromatic rings. The largest absolute Gasteiger partial charge is 0.383 e. The van der Waals surface area contributed by atoms with E-state index >= 15 is 0 Å². The van der Waals surface area contributed by atoms with Crippen molar-refractivity contribution >= 4 is 5.69 Å². The molecule has 1 aliphatic heterocycles. The van der Waals surface area contributed by atoms with Gasteiger partial charge in [0.1, 0.15) is 6.33 Å². The number of hydrogen-bond acceptors (Lipinski definition) is 5. The Morgan fingerprint density at radius 1 is 1.48 bits per heavy atom. The van der Waals surface area contributed by atoms with Gasteiger partial charge in [-0.15, -0.1) is 5.10 Å². The van der Waals surface area contributed by atoms with E-state index in [4.69, 9.17) is 0 Å². The number of nitrogens with one attached hydrogen (secondary N) is 2. The van der Waals surface area contributed by atoms with E-state index in [1.807, 2.05) is 0 Å². The second-order valence-electron chi connectivity index (χ2n) is 5.83. The standard InChI is InChI=1S/C15H22N6/c1-11-8-14(5-6-15(11)21-10-17-19-20-21)18-12(2)9-13-4-3-7-16-13/h5-6,8,10,12-13,16,18H,3-4,7,9H2,1-2H3. The number of aryl methyl sites for hydroxylation is 1. The van der Waals surface area contributed by atoms with Gasteiger partial charge < -0.3 is 10.6 Å². The SMILES string of the molecule is Cc1cc(NC(C)CC2CCCN2)ccc1-n1cnnn1. The van der Waals surface area contributed by atoms with Crippen LogP contribution >= 0.6 is 0 Å². The van der Waals surface area contributed by atoms with Gasteiger partial charge in [-0.05, 0) is 73.8 Å². The number of tetrazole rings is 1. The summed E-state index contributed by atoms with van der Waals surface area (Å²) in [6, 6.07) is 7.40. The lowest BCUT2D eigenvalue weighted by Crippen LogP contribution is -2.29. The highest BCUT2D eigenvalue weighted by Crippen LogP contribution is 2.20. The number of hydrogen-bond donors (Lipinski definition) is 2. The molecule has 21 heavy (non-hydrogen) atoms. The first-order chi connectivity index (χ1) is 10.2. The Morgan fingerprint density at radius 3 is 3.05 bits per heavy atom. The molecule has 112 valence electrons. The van der Waals surface area contributed by atoms with E-state index in [1.165, 1.54) is 12.8 Å². The minimum Gasteiger partial charge on any atom is -0.383 e. The summed E-state index contributed by atoms with van der Waals surface area (Å²) in [7, 11) is 0. The van der Waals surface area contributed by atoms with Crippen molar-refractivity contribution in [3.05, 3.63) is 30.1 Å². The molecule has 0 amide bonds. The van der Waals surface area contributed by atoms with E-state index < -0.39 is 0 Å². The molecule has 6 nitrogen and oxygen atoms in total. The van der Waals surface area contributed by atoms with Crippen LogP contribution in [0, 0.1) is 6.92 Å². The van der Waals surface area contributed by atoms with Crippen molar-refractivity contribution in [2.24, 2.45) is 0 Å². The Balaban J connectivity index is 1.64. The maximum atomic E-state index is 3.93. The molecule has 0 spiro atoms. The van der Waals surface area contributed by atoms with Crippen molar-refractivity contribution in [1.82, 2.24) is 25.5 Å². The van der Waals surface area contributed by atoms with E-state index in [2.05, 4.69) is 58.2 Å². The van der Waals surface area contributed by atoms with E-state index in [9.17, 15) is 0 Å². The Kier molecular flexibility index (Phi) is 4.15. The van der Waals surface area contributed by atoms with Gasteiger partial charge in [0.2, 0.25) is 0 Å². The summed E-state index contributed by atoms with van der Waals surface area (Å²) in [5.74, 6) is 0. The molecule has 1 aromatic carbocycles. The van der Waals surface area contributed by atoms with Gasteiger partial charge in [-0.25, -0.2) is 4.68 Å². The van der Waals surface area contributed by atoms with Crippen molar-refractivity contribution in [2.75, 3.05) is 11.9 Å². The van der Waals surface area contributed by atoms with Gasteiger partial charge in [0.15, 0.2) is 0 Å². The smallest absolute Gasteiger partial charge is 0.143 e. The highest BCUT2D eigenvalue weighted by atomic mass is 15.5. The van der Waals surface area contributed by atoms with Crippen molar-refractivity contribution < 1.29 is 0 Å². The van der Waals surface area contributed by atoms with Crippen LogP contribution in [0.15, 0.2) is 24.5 Å². The molecule has 1 saturated heterocycles. The Bertz CT molecular complexity index is 574. The number of rotatable bonds is 5. The molecule has 1 aromatic heterocycles. The fourth-order valence-corrected chi connectivity index (χ4v) is 3.00. The Morgan fingerprint density at radius 2 is 2.38 bits per heavy atom. The van der Waals surface area contributed by atoms with Gasteiger partial charge in [-0.2, -0.15) is 0 Å². The zero-order valence-corrected chi connectivity index (χ0v) is 12.6. The van der Waals surface area contributed by atoms with Crippen molar-refractivity contribution in [3.8, 4) is 5.69 Å². The third-order valence-corrected chi connectivity index (χ3v) is 4.01. The second-order valence-corrected chi connectivity index (χ2v) is 5.83. The average molecular weight is 286 g/mol.